The lowest BCUT2D eigenvalue weighted by Gasteiger charge is -2.20. The van der Waals surface area contributed by atoms with Crippen LogP contribution in [0.5, 0.6) is 0 Å². The molecule has 14 heavy (non-hydrogen) atoms. The number of nitrogens with zero attached hydrogens (tertiary/aromatic N) is 1. The van der Waals surface area contributed by atoms with Gasteiger partial charge in [0, 0.05) is 17.5 Å². The van der Waals surface area contributed by atoms with Gasteiger partial charge in [0.2, 0.25) is 0 Å². The molecule has 0 aliphatic rings. The van der Waals surface area contributed by atoms with Gasteiger partial charge in [-0.1, -0.05) is 20.3 Å². The lowest BCUT2D eigenvalue weighted by molar-refractivity contribution is 0.413. The topological polar surface area (TPSA) is 24.9 Å². The van der Waals surface area contributed by atoms with Crippen molar-refractivity contribution in [1.82, 2.24) is 10.3 Å². The average Bonchev–Trinajstić information content (AvgIpc) is 2.69. The van der Waals surface area contributed by atoms with E-state index in [1.54, 1.807) is 11.3 Å². The zero-order chi connectivity index (χ0) is 10.4. The van der Waals surface area contributed by atoms with Crippen LogP contribution in [0, 0.1) is 0 Å². The summed E-state index contributed by atoms with van der Waals surface area (Å²) in [5.74, 6) is 0. The molecule has 0 saturated heterocycles. The predicted molar refractivity (Wildman–Crippen MR) is 62.7 cm³/mol. The molecule has 1 heterocycles. The zero-order valence-electron chi connectivity index (χ0n) is 9.29. The van der Waals surface area contributed by atoms with Crippen molar-refractivity contribution in [2.45, 2.75) is 52.1 Å². The Labute approximate surface area is 90.8 Å². The van der Waals surface area contributed by atoms with E-state index in [4.69, 9.17) is 0 Å². The Hall–Kier alpha value is -0.410. The van der Waals surface area contributed by atoms with Gasteiger partial charge in [-0.15, -0.1) is 11.3 Å². The maximum atomic E-state index is 4.32. The largest absolute Gasteiger partial charge is 0.306 e. The van der Waals surface area contributed by atoms with Crippen LogP contribution in [0.2, 0.25) is 0 Å². The SMILES string of the molecule is CCCC(CC)NC(C)c1cscn1. The molecule has 0 radical (unpaired) electrons. The van der Waals surface area contributed by atoms with Gasteiger partial charge in [0.25, 0.3) is 0 Å². The molecule has 0 spiro atoms. The van der Waals surface area contributed by atoms with E-state index in [1.807, 2.05) is 5.51 Å². The molecule has 0 fully saturated rings. The van der Waals surface area contributed by atoms with Crippen molar-refractivity contribution in [3.8, 4) is 0 Å². The van der Waals surface area contributed by atoms with E-state index in [0.29, 0.717) is 12.1 Å². The van der Waals surface area contributed by atoms with Crippen LogP contribution >= 0.6 is 11.3 Å². The summed E-state index contributed by atoms with van der Waals surface area (Å²) in [6.45, 7) is 6.66. The number of hydrogen-bond acceptors (Lipinski definition) is 3. The highest BCUT2D eigenvalue weighted by atomic mass is 32.1. The van der Waals surface area contributed by atoms with E-state index in [-0.39, 0.29) is 0 Å². The molecular weight excluding hydrogens is 192 g/mol. The van der Waals surface area contributed by atoms with E-state index in [9.17, 15) is 0 Å². The summed E-state index contributed by atoms with van der Waals surface area (Å²) in [6.07, 6.45) is 3.70. The maximum Gasteiger partial charge on any atom is 0.0795 e. The first-order valence-electron chi connectivity index (χ1n) is 5.42. The Bertz CT molecular complexity index is 233. The zero-order valence-corrected chi connectivity index (χ0v) is 10.1. The van der Waals surface area contributed by atoms with Crippen molar-refractivity contribution in [3.05, 3.63) is 16.6 Å². The Morgan fingerprint density at radius 1 is 1.50 bits per heavy atom. The Morgan fingerprint density at radius 2 is 2.29 bits per heavy atom. The van der Waals surface area contributed by atoms with Gasteiger partial charge in [-0.3, -0.25) is 0 Å². The third-order valence-electron chi connectivity index (χ3n) is 2.51. The summed E-state index contributed by atoms with van der Waals surface area (Å²) in [6, 6.07) is 1.02. The highest BCUT2D eigenvalue weighted by molar-refractivity contribution is 7.07. The van der Waals surface area contributed by atoms with E-state index in [1.165, 1.54) is 25.0 Å². The van der Waals surface area contributed by atoms with Crippen LogP contribution in [0.3, 0.4) is 0 Å². The third-order valence-corrected chi connectivity index (χ3v) is 3.12. The average molecular weight is 212 g/mol. The van der Waals surface area contributed by atoms with E-state index < -0.39 is 0 Å². The molecule has 80 valence electrons. The minimum Gasteiger partial charge on any atom is -0.306 e. The molecular formula is C11H20N2S. The van der Waals surface area contributed by atoms with Crippen molar-refractivity contribution in [1.29, 1.82) is 0 Å². The van der Waals surface area contributed by atoms with Crippen LogP contribution < -0.4 is 5.32 Å². The van der Waals surface area contributed by atoms with E-state index in [0.717, 1.165) is 0 Å². The molecule has 0 saturated carbocycles. The molecule has 3 heteroatoms. The first-order valence-corrected chi connectivity index (χ1v) is 6.36. The molecule has 2 nitrogen and oxygen atoms in total. The van der Waals surface area contributed by atoms with Crippen molar-refractivity contribution >= 4 is 11.3 Å². The molecule has 2 atom stereocenters. The van der Waals surface area contributed by atoms with Gasteiger partial charge in [0.05, 0.1) is 11.2 Å². The second-order valence-electron chi connectivity index (χ2n) is 3.70. The molecule has 0 aromatic carbocycles. The first-order chi connectivity index (χ1) is 6.77. The highest BCUT2D eigenvalue weighted by Gasteiger charge is 2.11. The van der Waals surface area contributed by atoms with Gasteiger partial charge >= 0.3 is 0 Å². The van der Waals surface area contributed by atoms with Gasteiger partial charge in [0.1, 0.15) is 0 Å². The maximum absolute atomic E-state index is 4.32. The molecule has 1 N–H and O–H groups in total. The van der Waals surface area contributed by atoms with Gasteiger partial charge in [-0.25, -0.2) is 4.98 Å². The molecule has 2 unspecified atom stereocenters. The minimum atomic E-state index is 0.387. The second kappa shape index (κ2) is 6.14. The fourth-order valence-corrected chi connectivity index (χ4v) is 2.28. The fourth-order valence-electron chi connectivity index (χ4n) is 1.63. The number of aromatic nitrogens is 1. The van der Waals surface area contributed by atoms with Crippen LogP contribution in [-0.2, 0) is 0 Å². The van der Waals surface area contributed by atoms with Crippen molar-refractivity contribution < 1.29 is 0 Å². The van der Waals surface area contributed by atoms with Crippen LogP contribution in [0.25, 0.3) is 0 Å². The summed E-state index contributed by atoms with van der Waals surface area (Å²) >= 11 is 1.66. The lowest BCUT2D eigenvalue weighted by Crippen LogP contribution is -2.30. The molecule has 1 aromatic heterocycles. The lowest BCUT2D eigenvalue weighted by atomic mass is 10.1. The monoisotopic (exact) mass is 212 g/mol. The first kappa shape index (κ1) is 11.7. The minimum absolute atomic E-state index is 0.387. The number of thiazole rings is 1. The highest BCUT2D eigenvalue weighted by Crippen LogP contribution is 2.14. The van der Waals surface area contributed by atoms with Crippen LogP contribution in [0.4, 0.5) is 0 Å². The van der Waals surface area contributed by atoms with Crippen molar-refractivity contribution in [2.75, 3.05) is 0 Å². The normalized spacial score (nSPS) is 15.4. The number of hydrogen-bond donors (Lipinski definition) is 1. The van der Waals surface area contributed by atoms with Crippen molar-refractivity contribution in [3.63, 3.8) is 0 Å². The van der Waals surface area contributed by atoms with Crippen LogP contribution in [0.15, 0.2) is 10.9 Å². The van der Waals surface area contributed by atoms with Gasteiger partial charge in [-0.2, -0.15) is 0 Å². The predicted octanol–water partition coefficient (Wildman–Crippen LogP) is 3.37. The summed E-state index contributed by atoms with van der Waals surface area (Å²) in [5, 5.41) is 5.74. The Morgan fingerprint density at radius 3 is 2.79 bits per heavy atom. The summed E-state index contributed by atoms with van der Waals surface area (Å²) < 4.78 is 0. The second-order valence-corrected chi connectivity index (χ2v) is 4.41. The molecule has 0 aliphatic heterocycles. The molecule has 1 aromatic rings. The van der Waals surface area contributed by atoms with E-state index in [2.05, 4.69) is 36.5 Å². The van der Waals surface area contributed by atoms with Crippen LogP contribution in [0.1, 0.15) is 51.8 Å². The van der Waals surface area contributed by atoms with Gasteiger partial charge in [0.15, 0.2) is 0 Å². The molecule has 0 bridgehead atoms. The summed E-state index contributed by atoms with van der Waals surface area (Å²) in [7, 11) is 0. The quantitative estimate of drug-likeness (QED) is 0.782. The number of rotatable bonds is 6. The summed E-state index contributed by atoms with van der Waals surface area (Å²) in [4.78, 5) is 4.32. The molecule has 0 aliphatic carbocycles. The summed E-state index contributed by atoms with van der Waals surface area (Å²) in [5.41, 5.74) is 3.07. The Balaban J connectivity index is 2.42. The van der Waals surface area contributed by atoms with Gasteiger partial charge in [-0.05, 0) is 19.8 Å². The Kier molecular flexibility index (Phi) is 5.12. The smallest absolute Gasteiger partial charge is 0.0795 e. The van der Waals surface area contributed by atoms with Crippen LogP contribution in [-0.4, -0.2) is 11.0 Å². The van der Waals surface area contributed by atoms with Crippen molar-refractivity contribution in [2.24, 2.45) is 0 Å². The fraction of sp³-hybridized carbons (Fsp3) is 0.727. The molecule has 0 amide bonds. The standard InChI is InChI=1S/C11H20N2S/c1-4-6-10(5-2)13-9(3)11-7-14-8-12-11/h7-10,13H,4-6H2,1-3H3. The van der Waals surface area contributed by atoms with Gasteiger partial charge < -0.3 is 5.32 Å². The molecule has 1 rings (SSSR count). The third kappa shape index (κ3) is 3.39. The van der Waals surface area contributed by atoms with E-state index >= 15 is 0 Å². The number of nitrogens with one attached hydrogen (secondary N) is 1.